The third-order valence-corrected chi connectivity index (χ3v) is 7.16. The number of amides is 1. The lowest BCUT2D eigenvalue weighted by Gasteiger charge is -2.29. The summed E-state index contributed by atoms with van der Waals surface area (Å²) in [5.74, 6) is 0.341. The van der Waals surface area contributed by atoms with Crippen LogP contribution in [-0.4, -0.2) is 20.4 Å². The molecule has 1 aromatic carbocycles. The molecule has 1 aliphatic rings. The minimum absolute atomic E-state index is 0.140. The second kappa shape index (κ2) is 8.33. The van der Waals surface area contributed by atoms with E-state index in [4.69, 9.17) is 0 Å². The van der Waals surface area contributed by atoms with Crippen molar-refractivity contribution in [3.63, 3.8) is 0 Å². The number of benzene rings is 1. The van der Waals surface area contributed by atoms with Crippen LogP contribution >= 0.6 is 11.3 Å². The van der Waals surface area contributed by atoms with E-state index in [0.717, 1.165) is 24.1 Å². The standard InChI is InChI=1S/C19H24N2O3S2/c1-14-5-2-3-7-18(14)21-19(22)15-8-10-17(11-9-15)26(23,24)20-13-16-6-4-12-25-16/h4,6,8-12,14,18,20H,2-3,5,7,13H2,1H3,(H,21,22)/t14-,18+/m1/s1. The number of sulfonamides is 1. The van der Waals surface area contributed by atoms with E-state index in [1.807, 2.05) is 17.5 Å². The maximum absolute atomic E-state index is 12.4. The fourth-order valence-electron chi connectivity index (χ4n) is 3.23. The first kappa shape index (κ1) is 19.1. The zero-order valence-corrected chi connectivity index (χ0v) is 16.4. The van der Waals surface area contributed by atoms with E-state index in [0.29, 0.717) is 11.5 Å². The maximum atomic E-state index is 12.4. The third-order valence-electron chi connectivity index (χ3n) is 4.87. The van der Waals surface area contributed by atoms with Crippen LogP contribution in [0.2, 0.25) is 0 Å². The van der Waals surface area contributed by atoms with Gasteiger partial charge in [-0.25, -0.2) is 13.1 Å². The number of carbonyl (C=O) groups is 1. The zero-order chi connectivity index (χ0) is 18.6. The van der Waals surface area contributed by atoms with Gasteiger partial charge in [0.25, 0.3) is 5.91 Å². The van der Waals surface area contributed by atoms with E-state index < -0.39 is 10.0 Å². The summed E-state index contributed by atoms with van der Waals surface area (Å²) in [5, 5.41) is 4.99. The first-order chi connectivity index (χ1) is 12.5. The zero-order valence-electron chi connectivity index (χ0n) is 14.8. The van der Waals surface area contributed by atoms with Gasteiger partial charge in [0.2, 0.25) is 10.0 Å². The Bertz CT molecular complexity index is 830. The summed E-state index contributed by atoms with van der Waals surface area (Å²) < 4.78 is 27.3. The van der Waals surface area contributed by atoms with Crippen molar-refractivity contribution in [3.8, 4) is 0 Å². The molecule has 140 valence electrons. The van der Waals surface area contributed by atoms with Crippen molar-refractivity contribution >= 4 is 27.3 Å². The van der Waals surface area contributed by atoms with Crippen LogP contribution in [0.3, 0.4) is 0 Å². The minimum atomic E-state index is -3.59. The number of carbonyl (C=O) groups excluding carboxylic acids is 1. The molecule has 26 heavy (non-hydrogen) atoms. The smallest absolute Gasteiger partial charge is 0.251 e. The number of rotatable bonds is 6. The Morgan fingerprint density at radius 2 is 1.88 bits per heavy atom. The fraction of sp³-hybridized carbons (Fsp3) is 0.421. The molecule has 0 saturated heterocycles. The van der Waals surface area contributed by atoms with Gasteiger partial charge in [-0.1, -0.05) is 25.8 Å². The predicted molar refractivity (Wildman–Crippen MR) is 104 cm³/mol. The quantitative estimate of drug-likeness (QED) is 0.790. The molecule has 5 nitrogen and oxygen atoms in total. The number of hydrogen-bond acceptors (Lipinski definition) is 4. The highest BCUT2D eigenvalue weighted by atomic mass is 32.2. The molecule has 2 aromatic rings. The normalized spacial score (nSPS) is 20.7. The summed E-state index contributed by atoms with van der Waals surface area (Å²) in [4.78, 5) is 13.5. The van der Waals surface area contributed by atoms with Gasteiger partial charge in [0.15, 0.2) is 0 Å². The van der Waals surface area contributed by atoms with Crippen molar-refractivity contribution in [2.45, 2.75) is 50.1 Å². The summed E-state index contributed by atoms with van der Waals surface area (Å²) in [7, 11) is -3.59. The van der Waals surface area contributed by atoms with Crippen LogP contribution in [0.25, 0.3) is 0 Å². The van der Waals surface area contributed by atoms with E-state index >= 15 is 0 Å². The molecule has 2 atom stereocenters. The molecule has 7 heteroatoms. The van der Waals surface area contributed by atoms with E-state index in [9.17, 15) is 13.2 Å². The highest BCUT2D eigenvalue weighted by molar-refractivity contribution is 7.89. The number of thiophene rings is 1. The van der Waals surface area contributed by atoms with Gasteiger partial charge in [-0.05, 0) is 54.5 Å². The molecule has 1 fully saturated rings. The molecule has 0 radical (unpaired) electrons. The van der Waals surface area contributed by atoms with Crippen LogP contribution in [-0.2, 0) is 16.6 Å². The van der Waals surface area contributed by atoms with E-state index in [2.05, 4.69) is 17.0 Å². The number of hydrogen-bond donors (Lipinski definition) is 2. The summed E-state index contributed by atoms with van der Waals surface area (Å²) in [6, 6.07) is 10.1. The highest BCUT2D eigenvalue weighted by Crippen LogP contribution is 2.24. The Morgan fingerprint density at radius 1 is 1.15 bits per heavy atom. The Hall–Kier alpha value is -1.70. The SMILES string of the molecule is C[C@@H]1CCCC[C@@H]1NC(=O)c1ccc(S(=O)(=O)NCc2cccs2)cc1. The lowest BCUT2D eigenvalue weighted by molar-refractivity contribution is 0.0910. The monoisotopic (exact) mass is 392 g/mol. The molecular weight excluding hydrogens is 368 g/mol. The lowest BCUT2D eigenvalue weighted by Crippen LogP contribution is -2.41. The van der Waals surface area contributed by atoms with Crippen LogP contribution in [0.15, 0.2) is 46.7 Å². The van der Waals surface area contributed by atoms with Gasteiger partial charge in [-0.3, -0.25) is 4.79 Å². The average Bonchev–Trinajstić information content (AvgIpc) is 3.16. The van der Waals surface area contributed by atoms with Crippen molar-refractivity contribution < 1.29 is 13.2 Å². The van der Waals surface area contributed by atoms with Gasteiger partial charge < -0.3 is 5.32 Å². The van der Waals surface area contributed by atoms with Crippen molar-refractivity contribution in [1.29, 1.82) is 0 Å². The molecule has 0 spiro atoms. The minimum Gasteiger partial charge on any atom is -0.349 e. The summed E-state index contributed by atoms with van der Waals surface area (Å²) in [6.07, 6.45) is 4.50. The number of nitrogens with one attached hydrogen (secondary N) is 2. The molecule has 3 rings (SSSR count). The molecule has 1 aliphatic carbocycles. The van der Waals surface area contributed by atoms with Crippen LogP contribution in [0.4, 0.5) is 0 Å². The van der Waals surface area contributed by atoms with E-state index in [1.54, 1.807) is 12.1 Å². The molecule has 2 N–H and O–H groups in total. The van der Waals surface area contributed by atoms with Crippen LogP contribution in [0.5, 0.6) is 0 Å². The van der Waals surface area contributed by atoms with Gasteiger partial charge >= 0.3 is 0 Å². The van der Waals surface area contributed by atoms with Crippen molar-refractivity contribution in [3.05, 3.63) is 52.2 Å². The third kappa shape index (κ3) is 4.72. The van der Waals surface area contributed by atoms with Gasteiger partial charge in [-0.15, -0.1) is 11.3 Å². The molecule has 0 unspecified atom stereocenters. The van der Waals surface area contributed by atoms with Crippen molar-refractivity contribution in [2.75, 3.05) is 0 Å². The Morgan fingerprint density at radius 3 is 2.54 bits per heavy atom. The summed E-state index contributed by atoms with van der Waals surface area (Å²) in [5.41, 5.74) is 0.486. The molecule has 1 amide bonds. The average molecular weight is 393 g/mol. The lowest BCUT2D eigenvalue weighted by atomic mass is 9.86. The van der Waals surface area contributed by atoms with Gasteiger partial charge in [0.1, 0.15) is 0 Å². The van der Waals surface area contributed by atoms with E-state index in [-0.39, 0.29) is 23.4 Å². The molecule has 0 aliphatic heterocycles. The van der Waals surface area contributed by atoms with E-state index in [1.165, 1.54) is 29.9 Å². The largest absolute Gasteiger partial charge is 0.349 e. The van der Waals surface area contributed by atoms with Crippen molar-refractivity contribution in [2.24, 2.45) is 5.92 Å². The highest BCUT2D eigenvalue weighted by Gasteiger charge is 2.23. The Balaban J connectivity index is 1.62. The second-order valence-electron chi connectivity index (χ2n) is 6.77. The molecule has 1 heterocycles. The van der Waals surface area contributed by atoms with Crippen molar-refractivity contribution in [1.82, 2.24) is 10.0 Å². The van der Waals surface area contributed by atoms with Crippen LogP contribution in [0.1, 0.15) is 47.8 Å². The van der Waals surface area contributed by atoms with Gasteiger partial charge in [0, 0.05) is 23.0 Å². The Kier molecular flexibility index (Phi) is 6.11. The first-order valence-corrected chi connectivity index (χ1v) is 11.2. The predicted octanol–water partition coefficient (Wildman–Crippen LogP) is 3.54. The molecule has 1 saturated carbocycles. The van der Waals surface area contributed by atoms with Gasteiger partial charge in [0.05, 0.1) is 4.90 Å². The maximum Gasteiger partial charge on any atom is 0.251 e. The topological polar surface area (TPSA) is 75.3 Å². The first-order valence-electron chi connectivity index (χ1n) is 8.89. The summed E-state index contributed by atoms with van der Waals surface area (Å²) >= 11 is 1.50. The summed E-state index contributed by atoms with van der Waals surface area (Å²) in [6.45, 7) is 2.43. The molecule has 1 aromatic heterocycles. The Labute approximate surface area is 158 Å². The van der Waals surface area contributed by atoms with Crippen LogP contribution < -0.4 is 10.0 Å². The second-order valence-corrected chi connectivity index (χ2v) is 9.57. The van der Waals surface area contributed by atoms with Gasteiger partial charge in [-0.2, -0.15) is 0 Å². The molecular formula is C19H24N2O3S2. The fourth-order valence-corrected chi connectivity index (χ4v) is 4.97. The van der Waals surface area contributed by atoms with Crippen LogP contribution in [0, 0.1) is 5.92 Å². The molecule has 0 bridgehead atoms.